The van der Waals surface area contributed by atoms with Crippen molar-refractivity contribution in [1.82, 2.24) is 19.9 Å². The van der Waals surface area contributed by atoms with Crippen LogP contribution in [0.2, 0.25) is 0 Å². The molecular formula is C20H23BrF3N7O3S. The summed E-state index contributed by atoms with van der Waals surface area (Å²) in [5, 5.41) is 26.4. The lowest BCUT2D eigenvalue weighted by atomic mass is 10.1. The summed E-state index contributed by atoms with van der Waals surface area (Å²) in [7, 11) is 0. The third kappa shape index (κ3) is 7.51. The minimum atomic E-state index is -4.65. The van der Waals surface area contributed by atoms with E-state index in [4.69, 9.17) is 0 Å². The van der Waals surface area contributed by atoms with Gasteiger partial charge in [0.15, 0.2) is 5.57 Å². The van der Waals surface area contributed by atoms with E-state index in [-0.39, 0.29) is 40.3 Å². The van der Waals surface area contributed by atoms with E-state index < -0.39 is 29.8 Å². The van der Waals surface area contributed by atoms with Crippen molar-refractivity contribution >= 4 is 56.7 Å². The smallest absolute Gasteiger partial charge is 0.394 e. The molecule has 0 aliphatic rings. The number of nitriles is 1. The van der Waals surface area contributed by atoms with Crippen molar-refractivity contribution in [3.05, 3.63) is 30.2 Å². The molecule has 0 radical (unpaired) electrons. The van der Waals surface area contributed by atoms with Gasteiger partial charge in [0.25, 0.3) is 11.5 Å². The highest BCUT2D eigenvalue weighted by Crippen LogP contribution is 2.22. The Labute approximate surface area is 210 Å². The zero-order valence-electron chi connectivity index (χ0n) is 18.9. The molecule has 10 nitrogen and oxygen atoms in total. The van der Waals surface area contributed by atoms with Gasteiger partial charge in [-0.15, -0.1) is 11.3 Å². The summed E-state index contributed by atoms with van der Waals surface area (Å²) in [5.74, 6) is -0.604. The maximum absolute atomic E-state index is 12.8. The van der Waals surface area contributed by atoms with Crippen molar-refractivity contribution in [1.29, 1.82) is 5.26 Å². The molecule has 0 fully saturated rings. The number of aliphatic hydroxyl groups excluding tert-OH is 1. The Kier molecular flexibility index (Phi) is 9.81. The number of hydrogen-bond acceptors (Lipinski definition) is 9. The maximum Gasteiger partial charge on any atom is 0.405 e. The Morgan fingerprint density at radius 3 is 2.66 bits per heavy atom. The minimum absolute atomic E-state index is 0.0745. The molecule has 0 spiro atoms. The predicted octanol–water partition coefficient (Wildman–Crippen LogP) is 1.11. The van der Waals surface area contributed by atoms with Gasteiger partial charge in [0.05, 0.1) is 17.1 Å². The zero-order valence-corrected chi connectivity index (χ0v) is 21.3. The summed E-state index contributed by atoms with van der Waals surface area (Å²) in [6.07, 6.45) is -1.90. The molecule has 0 aliphatic heterocycles. The molecule has 2 aromatic heterocycles. The molecule has 2 aromatic rings. The first-order valence-electron chi connectivity index (χ1n) is 10.3. The Bertz CT molecular complexity index is 1280. The Morgan fingerprint density at radius 2 is 2.11 bits per heavy atom. The second-order valence-corrected chi connectivity index (χ2v) is 9.35. The van der Waals surface area contributed by atoms with Crippen molar-refractivity contribution in [2.75, 3.05) is 23.8 Å². The van der Waals surface area contributed by atoms with E-state index >= 15 is 0 Å². The number of hydrogen-bond donors (Lipinski definition) is 4. The normalized spacial score (nSPS) is 13.9. The highest BCUT2D eigenvalue weighted by Gasteiger charge is 2.29. The fourth-order valence-corrected chi connectivity index (χ4v) is 4.12. The van der Waals surface area contributed by atoms with Crippen molar-refractivity contribution in [3.8, 4) is 6.07 Å². The fourth-order valence-electron chi connectivity index (χ4n) is 2.72. The summed E-state index contributed by atoms with van der Waals surface area (Å²) < 4.78 is 39.0. The standard InChI is InChI=1S/C20H23BrF3N7O3S/c1-4-31-17(34)14(35-18(31)11(5-25)16(33)28-9-20(22,23)24)7-27-19-26-6-12(21)15(30-19)29-13(8-32)10(2)3/h6-7,10,13,32H,4,8-9H2,1-3H3,(H,28,33)(H2,26,27,29,30)/b14-7+,18-11-/t13-/m0/s1. The van der Waals surface area contributed by atoms with Gasteiger partial charge in [0.2, 0.25) is 5.95 Å². The Balaban J connectivity index is 2.44. The van der Waals surface area contributed by atoms with Crippen LogP contribution in [0.25, 0.3) is 11.8 Å². The molecule has 0 aromatic carbocycles. The van der Waals surface area contributed by atoms with Gasteiger partial charge in [-0.1, -0.05) is 13.8 Å². The van der Waals surface area contributed by atoms with Crippen LogP contribution in [0.4, 0.5) is 24.9 Å². The second-order valence-electron chi connectivity index (χ2n) is 7.46. The number of carbonyl (C=O) groups is 1. The van der Waals surface area contributed by atoms with Crippen molar-refractivity contribution < 1.29 is 23.1 Å². The molecule has 35 heavy (non-hydrogen) atoms. The minimum Gasteiger partial charge on any atom is -0.394 e. The molecule has 0 saturated carbocycles. The molecular weight excluding hydrogens is 555 g/mol. The van der Waals surface area contributed by atoms with E-state index in [1.165, 1.54) is 12.4 Å². The lowest BCUT2D eigenvalue weighted by Crippen LogP contribution is -2.37. The van der Waals surface area contributed by atoms with E-state index in [1.807, 2.05) is 13.8 Å². The van der Waals surface area contributed by atoms with E-state index in [9.17, 15) is 33.1 Å². The summed E-state index contributed by atoms with van der Waals surface area (Å²) in [6, 6.07) is 1.32. The molecule has 0 saturated heterocycles. The number of anilines is 2. The first-order chi connectivity index (χ1) is 16.4. The van der Waals surface area contributed by atoms with Crippen LogP contribution in [-0.4, -0.2) is 50.9 Å². The van der Waals surface area contributed by atoms with Gasteiger partial charge < -0.3 is 21.1 Å². The molecule has 4 N–H and O–H groups in total. The maximum atomic E-state index is 12.8. The summed E-state index contributed by atoms with van der Waals surface area (Å²) in [5.41, 5.74) is -1.15. The molecule has 2 heterocycles. The van der Waals surface area contributed by atoms with Crippen molar-refractivity contribution in [2.45, 2.75) is 39.5 Å². The van der Waals surface area contributed by atoms with Crippen molar-refractivity contribution in [2.24, 2.45) is 5.92 Å². The Morgan fingerprint density at radius 1 is 1.43 bits per heavy atom. The fraction of sp³-hybridized carbons (Fsp3) is 0.450. The van der Waals surface area contributed by atoms with E-state index in [0.717, 1.165) is 15.9 Å². The van der Waals surface area contributed by atoms with Crippen LogP contribution >= 0.6 is 27.3 Å². The SMILES string of the molecule is CCn1c(=O)/c(=C\Nc2ncc(Br)c(N[C@@H](CO)C(C)C)n2)s/c1=C(/C#N)C(=O)NCC(F)(F)F. The van der Waals surface area contributed by atoms with E-state index in [0.29, 0.717) is 10.3 Å². The first-order valence-corrected chi connectivity index (χ1v) is 11.9. The topological polar surface area (TPSA) is 145 Å². The van der Waals surface area contributed by atoms with Crippen LogP contribution in [0, 0.1) is 17.2 Å². The monoisotopic (exact) mass is 577 g/mol. The number of nitrogens with one attached hydrogen (secondary N) is 3. The number of nitrogens with zero attached hydrogens (tertiary/aromatic N) is 4. The number of alkyl halides is 3. The summed E-state index contributed by atoms with van der Waals surface area (Å²) in [4.78, 5) is 33.3. The quantitative estimate of drug-likeness (QED) is 0.347. The average molecular weight is 578 g/mol. The number of aliphatic hydroxyl groups is 1. The average Bonchev–Trinajstić information content (AvgIpc) is 3.10. The van der Waals surface area contributed by atoms with Gasteiger partial charge in [-0.2, -0.15) is 23.4 Å². The second kappa shape index (κ2) is 12.1. The number of rotatable bonds is 9. The van der Waals surface area contributed by atoms with Crippen LogP contribution in [0.5, 0.6) is 0 Å². The van der Waals surface area contributed by atoms with Gasteiger partial charge >= 0.3 is 6.18 Å². The van der Waals surface area contributed by atoms with Crippen LogP contribution in [0.3, 0.4) is 0 Å². The van der Waals surface area contributed by atoms with E-state index in [2.05, 4.69) is 36.5 Å². The van der Waals surface area contributed by atoms with Gasteiger partial charge in [-0.05, 0) is 28.8 Å². The van der Waals surface area contributed by atoms with Gasteiger partial charge in [0, 0.05) is 18.9 Å². The lowest BCUT2D eigenvalue weighted by Gasteiger charge is -2.21. The van der Waals surface area contributed by atoms with E-state index in [1.54, 1.807) is 18.3 Å². The molecule has 1 amide bonds. The highest BCUT2D eigenvalue weighted by atomic mass is 79.9. The molecule has 0 aliphatic carbocycles. The zero-order chi connectivity index (χ0) is 26.3. The van der Waals surface area contributed by atoms with Gasteiger partial charge in [-0.25, -0.2) is 4.98 Å². The Hall–Kier alpha value is -2.96. The number of thiazole rings is 1. The largest absolute Gasteiger partial charge is 0.405 e. The molecule has 0 bridgehead atoms. The lowest BCUT2D eigenvalue weighted by molar-refractivity contribution is -0.135. The van der Waals surface area contributed by atoms with Crippen LogP contribution in [0.1, 0.15) is 20.8 Å². The molecule has 15 heteroatoms. The first kappa shape index (κ1) is 28.3. The number of aromatic nitrogens is 3. The third-order valence-electron chi connectivity index (χ3n) is 4.63. The van der Waals surface area contributed by atoms with Crippen LogP contribution in [-0.2, 0) is 11.3 Å². The molecule has 1 atom stereocenters. The third-order valence-corrected chi connectivity index (χ3v) is 6.34. The predicted molar refractivity (Wildman–Crippen MR) is 129 cm³/mol. The summed E-state index contributed by atoms with van der Waals surface area (Å²) in [6.45, 7) is 3.81. The van der Waals surface area contributed by atoms with Crippen LogP contribution < -0.4 is 30.7 Å². The van der Waals surface area contributed by atoms with Crippen molar-refractivity contribution in [3.63, 3.8) is 0 Å². The number of halogens is 4. The molecule has 0 unspecified atom stereocenters. The highest BCUT2D eigenvalue weighted by molar-refractivity contribution is 9.10. The van der Waals surface area contributed by atoms with Gasteiger partial charge in [0.1, 0.15) is 27.6 Å². The molecule has 2 rings (SSSR count). The molecule has 190 valence electrons. The van der Waals surface area contributed by atoms with Gasteiger partial charge in [-0.3, -0.25) is 14.2 Å². The van der Waals surface area contributed by atoms with Crippen LogP contribution in [0.15, 0.2) is 15.5 Å². The summed E-state index contributed by atoms with van der Waals surface area (Å²) >= 11 is 4.10. The number of amides is 1. The number of carbonyl (C=O) groups excluding carboxylic acids is 1.